The number of hydrogen-bond acceptors (Lipinski definition) is 3. The lowest BCUT2D eigenvalue weighted by molar-refractivity contribution is -0.137. The molecule has 0 saturated carbocycles. The zero-order chi connectivity index (χ0) is 13.5. The van der Waals surface area contributed by atoms with Crippen molar-refractivity contribution in [3.8, 4) is 6.07 Å². The SMILES string of the molecule is CN(C(=O)CCCC(=O)O)c1ccc(C#N)cc1. The third kappa shape index (κ3) is 3.91. The minimum atomic E-state index is -0.899. The number of carboxylic acids is 1. The largest absolute Gasteiger partial charge is 0.481 e. The highest BCUT2D eigenvalue weighted by Gasteiger charge is 2.11. The second kappa shape index (κ2) is 6.40. The van der Waals surface area contributed by atoms with Crippen molar-refractivity contribution >= 4 is 17.6 Å². The maximum Gasteiger partial charge on any atom is 0.303 e. The zero-order valence-corrected chi connectivity index (χ0v) is 10.1. The molecule has 1 aromatic carbocycles. The Kier molecular flexibility index (Phi) is 4.88. The molecule has 1 rings (SSSR count). The fourth-order valence-corrected chi connectivity index (χ4v) is 1.46. The molecule has 0 aliphatic heterocycles. The van der Waals surface area contributed by atoms with Gasteiger partial charge < -0.3 is 10.0 Å². The van der Waals surface area contributed by atoms with Crippen molar-refractivity contribution in [1.29, 1.82) is 5.26 Å². The van der Waals surface area contributed by atoms with Gasteiger partial charge in [0, 0.05) is 25.6 Å². The number of hydrogen-bond donors (Lipinski definition) is 1. The molecular formula is C13H14N2O3. The smallest absolute Gasteiger partial charge is 0.303 e. The number of nitriles is 1. The second-order valence-corrected chi connectivity index (χ2v) is 3.86. The fourth-order valence-electron chi connectivity index (χ4n) is 1.46. The first-order valence-corrected chi connectivity index (χ1v) is 5.53. The lowest BCUT2D eigenvalue weighted by atomic mass is 10.2. The van der Waals surface area contributed by atoms with Crippen molar-refractivity contribution < 1.29 is 14.7 Å². The first kappa shape index (κ1) is 13.7. The lowest BCUT2D eigenvalue weighted by Gasteiger charge is -2.17. The van der Waals surface area contributed by atoms with Gasteiger partial charge in [0.1, 0.15) is 0 Å². The van der Waals surface area contributed by atoms with E-state index in [0.29, 0.717) is 17.7 Å². The predicted molar refractivity (Wildman–Crippen MR) is 66.1 cm³/mol. The van der Waals surface area contributed by atoms with E-state index in [4.69, 9.17) is 10.4 Å². The summed E-state index contributed by atoms with van der Waals surface area (Å²) in [6.07, 6.45) is 0.518. The van der Waals surface area contributed by atoms with Crippen molar-refractivity contribution in [2.45, 2.75) is 19.3 Å². The van der Waals surface area contributed by atoms with Crippen LogP contribution in [-0.2, 0) is 9.59 Å². The average molecular weight is 246 g/mol. The van der Waals surface area contributed by atoms with Crippen LogP contribution in [0.5, 0.6) is 0 Å². The number of aliphatic carboxylic acids is 1. The molecule has 18 heavy (non-hydrogen) atoms. The molecule has 0 saturated heterocycles. The molecular weight excluding hydrogens is 232 g/mol. The first-order valence-electron chi connectivity index (χ1n) is 5.53. The molecule has 1 N–H and O–H groups in total. The summed E-state index contributed by atoms with van der Waals surface area (Å²) in [4.78, 5) is 23.5. The molecule has 1 aromatic rings. The Balaban J connectivity index is 2.57. The van der Waals surface area contributed by atoms with Crippen LogP contribution in [0.15, 0.2) is 24.3 Å². The molecule has 0 fully saturated rings. The molecule has 0 aromatic heterocycles. The molecule has 94 valence electrons. The van der Waals surface area contributed by atoms with E-state index in [-0.39, 0.29) is 18.7 Å². The van der Waals surface area contributed by atoms with Gasteiger partial charge >= 0.3 is 5.97 Å². The van der Waals surface area contributed by atoms with Crippen molar-refractivity contribution in [3.05, 3.63) is 29.8 Å². The normalized spacial score (nSPS) is 9.56. The van der Waals surface area contributed by atoms with E-state index in [1.807, 2.05) is 6.07 Å². The Morgan fingerprint density at radius 3 is 2.39 bits per heavy atom. The summed E-state index contributed by atoms with van der Waals surface area (Å²) in [5.74, 6) is -1.04. The van der Waals surface area contributed by atoms with Crippen LogP contribution in [0.4, 0.5) is 5.69 Å². The zero-order valence-electron chi connectivity index (χ0n) is 10.1. The van der Waals surface area contributed by atoms with Crippen molar-refractivity contribution in [2.75, 3.05) is 11.9 Å². The van der Waals surface area contributed by atoms with Gasteiger partial charge in [0.25, 0.3) is 0 Å². The molecule has 0 spiro atoms. The maximum absolute atomic E-state index is 11.7. The van der Waals surface area contributed by atoms with E-state index in [1.165, 1.54) is 4.90 Å². The van der Waals surface area contributed by atoms with Gasteiger partial charge in [-0.05, 0) is 30.7 Å². The topological polar surface area (TPSA) is 81.4 Å². The minimum absolute atomic E-state index is 0.00699. The van der Waals surface area contributed by atoms with E-state index in [1.54, 1.807) is 31.3 Å². The number of carbonyl (C=O) groups is 2. The van der Waals surface area contributed by atoms with Crippen molar-refractivity contribution in [1.82, 2.24) is 0 Å². The number of carboxylic acid groups (broad SMARTS) is 1. The number of anilines is 1. The van der Waals surface area contributed by atoms with Crippen molar-refractivity contribution in [2.24, 2.45) is 0 Å². The molecule has 5 heteroatoms. The van der Waals surface area contributed by atoms with Gasteiger partial charge in [-0.25, -0.2) is 0 Å². The Morgan fingerprint density at radius 1 is 1.28 bits per heavy atom. The minimum Gasteiger partial charge on any atom is -0.481 e. The van der Waals surface area contributed by atoms with Gasteiger partial charge in [-0.15, -0.1) is 0 Å². The molecule has 0 atom stereocenters. The highest BCUT2D eigenvalue weighted by molar-refractivity contribution is 5.92. The highest BCUT2D eigenvalue weighted by atomic mass is 16.4. The first-order chi connectivity index (χ1) is 8.54. The Labute approximate surface area is 105 Å². The predicted octanol–water partition coefficient (Wildman–Crippen LogP) is 1.78. The standard InChI is InChI=1S/C13H14N2O3/c1-15(12(16)3-2-4-13(17)18)11-7-5-10(9-14)6-8-11/h5-8H,2-4H2,1H3,(H,17,18). The van der Waals surface area contributed by atoms with Gasteiger partial charge in [0.15, 0.2) is 0 Å². The van der Waals surface area contributed by atoms with Gasteiger partial charge in [0.2, 0.25) is 5.91 Å². The van der Waals surface area contributed by atoms with E-state index in [2.05, 4.69) is 0 Å². The lowest BCUT2D eigenvalue weighted by Crippen LogP contribution is -2.25. The van der Waals surface area contributed by atoms with Crippen LogP contribution in [0.2, 0.25) is 0 Å². The van der Waals surface area contributed by atoms with E-state index >= 15 is 0 Å². The van der Waals surface area contributed by atoms with Crippen LogP contribution in [0.3, 0.4) is 0 Å². The molecule has 1 amide bonds. The van der Waals surface area contributed by atoms with Gasteiger partial charge in [-0.3, -0.25) is 9.59 Å². The Bertz CT molecular complexity index is 474. The summed E-state index contributed by atoms with van der Waals surface area (Å²) in [7, 11) is 1.63. The van der Waals surface area contributed by atoms with Crippen LogP contribution in [-0.4, -0.2) is 24.0 Å². The number of amides is 1. The highest BCUT2D eigenvalue weighted by Crippen LogP contribution is 2.15. The monoisotopic (exact) mass is 246 g/mol. The summed E-state index contributed by atoms with van der Waals surface area (Å²) in [5.41, 5.74) is 1.22. The second-order valence-electron chi connectivity index (χ2n) is 3.86. The van der Waals surface area contributed by atoms with Crippen LogP contribution < -0.4 is 4.90 Å². The molecule has 0 heterocycles. The van der Waals surface area contributed by atoms with Gasteiger partial charge in [0.05, 0.1) is 11.6 Å². The van der Waals surface area contributed by atoms with Gasteiger partial charge in [-0.1, -0.05) is 0 Å². The molecule has 0 aliphatic carbocycles. The summed E-state index contributed by atoms with van der Waals surface area (Å²) in [6, 6.07) is 8.65. The Hall–Kier alpha value is -2.35. The fraction of sp³-hybridized carbons (Fsp3) is 0.308. The van der Waals surface area contributed by atoms with Crippen molar-refractivity contribution in [3.63, 3.8) is 0 Å². The molecule has 0 unspecified atom stereocenters. The third-order valence-electron chi connectivity index (χ3n) is 2.54. The third-order valence-corrected chi connectivity index (χ3v) is 2.54. The molecule has 0 radical (unpaired) electrons. The molecule has 0 bridgehead atoms. The van der Waals surface area contributed by atoms with Gasteiger partial charge in [-0.2, -0.15) is 5.26 Å². The van der Waals surface area contributed by atoms with Crippen LogP contribution >= 0.6 is 0 Å². The number of carbonyl (C=O) groups excluding carboxylic acids is 1. The number of nitrogens with zero attached hydrogens (tertiary/aromatic N) is 2. The summed E-state index contributed by atoms with van der Waals surface area (Å²) in [5, 5.41) is 17.1. The average Bonchev–Trinajstić information content (AvgIpc) is 2.37. The van der Waals surface area contributed by atoms with E-state index in [9.17, 15) is 9.59 Å². The molecule has 0 aliphatic rings. The number of benzene rings is 1. The quantitative estimate of drug-likeness (QED) is 0.858. The van der Waals surface area contributed by atoms with Crippen LogP contribution in [0.1, 0.15) is 24.8 Å². The van der Waals surface area contributed by atoms with Crippen LogP contribution in [0.25, 0.3) is 0 Å². The summed E-state index contributed by atoms with van der Waals surface area (Å²) < 4.78 is 0. The summed E-state index contributed by atoms with van der Waals surface area (Å²) in [6.45, 7) is 0. The van der Waals surface area contributed by atoms with Crippen LogP contribution in [0, 0.1) is 11.3 Å². The van der Waals surface area contributed by atoms with E-state index in [0.717, 1.165) is 0 Å². The number of rotatable bonds is 5. The summed E-state index contributed by atoms with van der Waals surface area (Å²) >= 11 is 0. The Morgan fingerprint density at radius 2 is 1.89 bits per heavy atom. The van der Waals surface area contributed by atoms with E-state index < -0.39 is 5.97 Å². The maximum atomic E-state index is 11.7. The molecule has 5 nitrogen and oxygen atoms in total.